The number of thioether (sulfide) groups is 1. The fourth-order valence-corrected chi connectivity index (χ4v) is 4.50. The van der Waals surface area contributed by atoms with E-state index in [1.165, 1.54) is 22.2 Å². The van der Waals surface area contributed by atoms with Crippen LogP contribution in [0.25, 0.3) is 6.08 Å². The van der Waals surface area contributed by atoms with Gasteiger partial charge in [0.1, 0.15) is 0 Å². The molecule has 1 aliphatic rings. The Morgan fingerprint density at radius 1 is 1.22 bits per heavy atom. The average Bonchev–Trinajstić information content (AvgIpc) is 3.01. The van der Waals surface area contributed by atoms with Gasteiger partial charge in [-0.1, -0.05) is 19.1 Å². The summed E-state index contributed by atoms with van der Waals surface area (Å²) in [6.07, 6.45) is 2.74. The molecule has 2 amide bonds. The van der Waals surface area contributed by atoms with E-state index in [0.29, 0.717) is 32.7 Å². The molecule has 32 heavy (non-hydrogen) atoms. The number of aliphatic imine (C=N–C) groups is 1. The molecule has 2 N–H and O–H groups in total. The highest BCUT2D eigenvalue weighted by molar-refractivity contribution is 9.10. The summed E-state index contributed by atoms with van der Waals surface area (Å²) in [5, 5.41) is 0.607. The maximum absolute atomic E-state index is 12.8. The molecule has 0 aromatic heterocycles. The van der Waals surface area contributed by atoms with E-state index < -0.39 is 5.91 Å². The number of nitrogens with two attached hydrogens (primary N) is 1. The minimum atomic E-state index is -0.585. The first-order valence-electron chi connectivity index (χ1n) is 10.0. The van der Waals surface area contributed by atoms with Crippen LogP contribution in [0.1, 0.15) is 25.0 Å². The number of amidine groups is 1. The number of carbonyl (C=O) groups excluding carboxylic acids is 2. The second kappa shape index (κ2) is 10.7. The van der Waals surface area contributed by atoms with Crippen LogP contribution in [0.15, 0.2) is 50.8 Å². The summed E-state index contributed by atoms with van der Waals surface area (Å²) in [7, 11) is 1.71. The summed E-state index contributed by atoms with van der Waals surface area (Å²) in [6, 6.07) is 11.5. The largest absolute Gasteiger partial charge is 0.490 e. The molecular weight excluding hydrogens is 494 g/mol. The molecule has 3 rings (SSSR count). The third-order valence-corrected chi connectivity index (χ3v) is 6.21. The molecule has 168 valence electrons. The highest BCUT2D eigenvalue weighted by Gasteiger charge is 2.30. The lowest BCUT2D eigenvalue weighted by Gasteiger charge is -2.14. The van der Waals surface area contributed by atoms with Gasteiger partial charge in [0.05, 0.1) is 21.7 Å². The topological polar surface area (TPSA) is 94.2 Å². The molecule has 0 saturated carbocycles. The van der Waals surface area contributed by atoms with Crippen LogP contribution in [-0.2, 0) is 16.0 Å². The molecular formula is C23H24BrN3O4S. The van der Waals surface area contributed by atoms with Gasteiger partial charge in [-0.15, -0.1) is 0 Å². The number of hydrogen-bond donors (Lipinski definition) is 1. The Bertz CT molecular complexity index is 1080. The lowest BCUT2D eigenvalue weighted by atomic mass is 10.1. The summed E-state index contributed by atoms with van der Waals surface area (Å²) in [5.74, 6) is 0.108. The second-order valence-electron chi connectivity index (χ2n) is 6.91. The fourth-order valence-electron chi connectivity index (χ4n) is 2.94. The number of amides is 2. The van der Waals surface area contributed by atoms with Gasteiger partial charge in [0.2, 0.25) is 0 Å². The molecule has 1 heterocycles. The Balaban J connectivity index is 1.89. The Morgan fingerprint density at radius 3 is 2.56 bits per heavy atom. The third kappa shape index (κ3) is 5.72. The van der Waals surface area contributed by atoms with Gasteiger partial charge in [-0.25, -0.2) is 4.99 Å². The molecule has 2 aromatic carbocycles. The molecule has 7 nitrogen and oxygen atoms in total. The van der Waals surface area contributed by atoms with Crippen molar-refractivity contribution in [3.8, 4) is 11.5 Å². The zero-order chi connectivity index (χ0) is 23.3. The summed E-state index contributed by atoms with van der Waals surface area (Å²) < 4.78 is 11.7. The number of primary amides is 1. The average molecular weight is 518 g/mol. The van der Waals surface area contributed by atoms with E-state index in [2.05, 4.69) is 27.8 Å². The van der Waals surface area contributed by atoms with Gasteiger partial charge in [-0.05, 0) is 82.5 Å². The molecule has 9 heteroatoms. The highest BCUT2D eigenvalue weighted by Crippen LogP contribution is 2.39. The van der Waals surface area contributed by atoms with Gasteiger partial charge in [0.15, 0.2) is 23.3 Å². The van der Waals surface area contributed by atoms with E-state index in [-0.39, 0.29) is 12.5 Å². The third-order valence-electron chi connectivity index (χ3n) is 4.56. The van der Waals surface area contributed by atoms with Crippen LogP contribution in [0.3, 0.4) is 0 Å². The van der Waals surface area contributed by atoms with Crippen molar-refractivity contribution in [2.75, 3.05) is 20.3 Å². The minimum Gasteiger partial charge on any atom is -0.490 e. The molecule has 0 spiro atoms. The van der Waals surface area contributed by atoms with Crippen LogP contribution in [0, 0.1) is 0 Å². The van der Waals surface area contributed by atoms with Crippen LogP contribution in [0.4, 0.5) is 5.69 Å². The normalized spacial score (nSPS) is 16.1. The van der Waals surface area contributed by atoms with E-state index in [1.54, 1.807) is 25.3 Å². The van der Waals surface area contributed by atoms with Crippen molar-refractivity contribution >= 4 is 56.4 Å². The van der Waals surface area contributed by atoms with Crippen molar-refractivity contribution in [1.29, 1.82) is 0 Å². The predicted octanol–water partition coefficient (Wildman–Crippen LogP) is 4.51. The summed E-state index contributed by atoms with van der Waals surface area (Å²) >= 11 is 4.76. The Kier molecular flexibility index (Phi) is 7.98. The standard InChI is InChI=1S/C23H24BrN3O4S/c1-4-14-6-8-16(9-7-14)26-23-27(3)22(29)19(32-23)12-15-10-17(24)21(31-13-20(25)28)18(11-15)30-5-2/h6-12H,4-5,13H2,1-3H3,(H2,25,28)/b19-12-,26-23?. The van der Waals surface area contributed by atoms with E-state index >= 15 is 0 Å². The maximum atomic E-state index is 12.8. The van der Waals surface area contributed by atoms with Crippen molar-refractivity contribution in [1.82, 2.24) is 4.90 Å². The molecule has 0 bridgehead atoms. The highest BCUT2D eigenvalue weighted by atomic mass is 79.9. The number of ether oxygens (including phenoxy) is 2. The van der Waals surface area contributed by atoms with Gasteiger partial charge in [-0.2, -0.15) is 0 Å². The van der Waals surface area contributed by atoms with Gasteiger partial charge in [0, 0.05) is 7.05 Å². The Labute approximate surface area is 199 Å². The monoisotopic (exact) mass is 517 g/mol. The van der Waals surface area contributed by atoms with Crippen LogP contribution in [0.5, 0.6) is 11.5 Å². The van der Waals surface area contributed by atoms with E-state index in [0.717, 1.165) is 17.7 Å². The molecule has 1 aliphatic heterocycles. The minimum absolute atomic E-state index is 0.137. The summed E-state index contributed by atoms with van der Waals surface area (Å²) in [6.45, 7) is 4.09. The van der Waals surface area contributed by atoms with Crippen LogP contribution < -0.4 is 15.2 Å². The van der Waals surface area contributed by atoms with Gasteiger partial charge in [0.25, 0.3) is 11.8 Å². The molecule has 2 aromatic rings. The van der Waals surface area contributed by atoms with Crippen molar-refractivity contribution in [2.24, 2.45) is 10.7 Å². The van der Waals surface area contributed by atoms with Crippen LogP contribution >= 0.6 is 27.7 Å². The lowest BCUT2D eigenvalue weighted by Crippen LogP contribution is -2.23. The van der Waals surface area contributed by atoms with E-state index in [9.17, 15) is 9.59 Å². The number of halogens is 1. The number of hydrogen-bond acceptors (Lipinski definition) is 6. The summed E-state index contributed by atoms with van der Waals surface area (Å²) in [4.78, 5) is 30.6. The van der Waals surface area contributed by atoms with Crippen molar-refractivity contribution in [3.63, 3.8) is 0 Å². The van der Waals surface area contributed by atoms with Crippen molar-refractivity contribution in [2.45, 2.75) is 20.3 Å². The number of benzene rings is 2. The second-order valence-corrected chi connectivity index (χ2v) is 8.77. The lowest BCUT2D eigenvalue weighted by molar-refractivity contribution is -0.121. The maximum Gasteiger partial charge on any atom is 0.266 e. The van der Waals surface area contributed by atoms with Gasteiger partial charge in [-0.3, -0.25) is 14.5 Å². The first-order chi connectivity index (χ1) is 15.3. The number of aryl methyl sites for hydroxylation is 1. The van der Waals surface area contributed by atoms with Crippen LogP contribution in [0.2, 0.25) is 0 Å². The van der Waals surface area contributed by atoms with Crippen LogP contribution in [-0.4, -0.2) is 42.1 Å². The molecule has 0 radical (unpaired) electrons. The van der Waals surface area contributed by atoms with Gasteiger partial charge < -0.3 is 15.2 Å². The molecule has 1 saturated heterocycles. The zero-order valence-electron chi connectivity index (χ0n) is 18.1. The van der Waals surface area contributed by atoms with Crippen molar-refractivity contribution < 1.29 is 19.1 Å². The van der Waals surface area contributed by atoms with Gasteiger partial charge >= 0.3 is 0 Å². The molecule has 0 atom stereocenters. The predicted molar refractivity (Wildman–Crippen MR) is 131 cm³/mol. The molecule has 0 unspecified atom stereocenters. The Hall–Kier alpha value is -2.78. The zero-order valence-corrected chi connectivity index (χ0v) is 20.5. The number of likely N-dealkylation sites (N-methyl/N-ethyl adjacent to an activating group) is 1. The number of nitrogens with zero attached hydrogens (tertiary/aromatic N) is 2. The van der Waals surface area contributed by atoms with Crippen molar-refractivity contribution in [3.05, 3.63) is 56.9 Å². The Morgan fingerprint density at radius 2 is 1.94 bits per heavy atom. The smallest absolute Gasteiger partial charge is 0.266 e. The summed E-state index contributed by atoms with van der Waals surface area (Å²) in [5.41, 5.74) is 7.95. The number of rotatable bonds is 8. The van der Waals surface area contributed by atoms with E-state index in [4.69, 9.17) is 15.2 Å². The first-order valence-corrected chi connectivity index (χ1v) is 11.7. The first kappa shape index (κ1) is 23.9. The molecule has 0 aliphatic carbocycles. The molecule has 1 fully saturated rings. The van der Waals surface area contributed by atoms with E-state index in [1.807, 2.05) is 31.2 Å². The fraction of sp³-hybridized carbons (Fsp3) is 0.261. The SMILES string of the molecule is CCOc1cc(/C=C2\SC(=Nc3ccc(CC)cc3)N(C)C2=O)cc(Br)c1OCC(N)=O. The number of carbonyl (C=O) groups is 2. The quantitative estimate of drug-likeness (QED) is 0.519.